The number of benzene rings is 3. The lowest BCUT2D eigenvalue weighted by Gasteiger charge is -2.33. The van der Waals surface area contributed by atoms with E-state index in [1.807, 2.05) is 66.7 Å². The highest BCUT2D eigenvalue weighted by atomic mass is 16.6. The zero-order valence-electron chi connectivity index (χ0n) is 23.9. The van der Waals surface area contributed by atoms with Gasteiger partial charge in [0.2, 0.25) is 5.91 Å². The van der Waals surface area contributed by atoms with Gasteiger partial charge in [0.25, 0.3) is 0 Å². The average molecular weight is 597 g/mol. The highest BCUT2D eigenvalue weighted by molar-refractivity contribution is 5.95. The van der Waals surface area contributed by atoms with Crippen LogP contribution < -0.4 is 0 Å². The number of β-lactam (4-membered cyclic amide) rings is 1. The molecule has 3 aromatic carbocycles. The molecule has 0 radical (unpaired) electrons. The van der Waals surface area contributed by atoms with Gasteiger partial charge >= 0.3 is 18.0 Å². The summed E-state index contributed by atoms with van der Waals surface area (Å²) in [5.74, 6) is -2.49. The minimum absolute atomic E-state index is 0.0317. The molecule has 0 spiro atoms. The summed E-state index contributed by atoms with van der Waals surface area (Å²) in [4.78, 5) is 53.5. The molecule has 44 heavy (non-hydrogen) atoms. The maximum atomic E-state index is 13.1. The first-order valence-electron chi connectivity index (χ1n) is 14.2. The Labute approximate surface area is 254 Å². The van der Waals surface area contributed by atoms with Crippen LogP contribution in [0, 0.1) is 0 Å². The Morgan fingerprint density at radius 1 is 0.841 bits per heavy atom. The standard InChI is InChI=1S/C34H32N2O8/c37-28-20-29-36(28)30(33(40)42-22-25-14-6-2-7-15-25)31(44-29)27(32(38)39)18-10-11-19-35(21-24-12-4-1-5-13-24)34(41)43-23-26-16-8-3-9-17-26/h1-17,29-30H,18-23H2,(H,38,39)/b11-10+,31-27-/t29-,30?/m1/s1. The molecular weight excluding hydrogens is 564 g/mol. The summed E-state index contributed by atoms with van der Waals surface area (Å²) in [7, 11) is 0. The van der Waals surface area contributed by atoms with Crippen molar-refractivity contribution < 1.29 is 38.5 Å². The molecule has 2 heterocycles. The molecule has 5 rings (SSSR count). The summed E-state index contributed by atoms with van der Waals surface area (Å²) < 4.78 is 16.8. The van der Waals surface area contributed by atoms with E-state index < -0.39 is 30.3 Å². The average Bonchev–Trinajstić information content (AvgIpc) is 3.35. The lowest BCUT2D eigenvalue weighted by molar-refractivity contribution is -0.166. The number of rotatable bonds is 12. The first-order chi connectivity index (χ1) is 21.4. The summed E-state index contributed by atoms with van der Waals surface area (Å²) in [6, 6.07) is 26.5. The highest BCUT2D eigenvalue weighted by Gasteiger charge is 2.55. The lowest BCUT2D eigenvalue weighted by Crippen LogP contribution is -2.55. The van der Waals surface area contributed by atoms with Gasteiger partial charge in [-0.15, -0.1) is 0 Å². The van der Waals surface area contributed by atoms with Crippen LogP contribution in [-0.2, 0) is 48.4 Å². The van der Waals surface area contributed by atoms with Crippen molar-refractivity contribution in [2.45, 2.75) is 44.9 Å². The molecule has 2 amide bonds. The SMILES string of the molecule is O=C(O)/C(C/C=C/CN(Cc1ccccc1)C(=O)OCc1ccccc1)=C1\O[C@@H]2CC(=O)N2C1C(=O)OCc1ccccc1. The van der Waals surface area contributed by atoms with Gasteiger partial charge in [0, 0.05) is 19.5 Å². The third kappa shape index (κ3) is 7.33. The Hall–Kier alpha value is -5.38. The van der Waals surface area contributed by atoms with Crippen LogP contribution in [0.15, 0.2) is 114 Å². The van der Waals surface area contributed by atoms with Gasteiger partial charge in [-0.3, -0.25) is 9.69 Å². The van der Waals surface area contributed by atoms with Gasteiger partial charge in [0.15, 0.2) is 12.3 Å². The van der Waals surface area contributed by atoms with Crippen LogP contribution in [0.2, 0.25) is 0 Å². The van der Waals surface area contributed by atoms with E-state index in [2.05, 4.69) is 0 Å². The molecule has 2 atom stereocenters. The second-order valence-electron chi connectivity index (χ2n) is 10.3. The van der Waals surface area contributed by atoms with E-state index in [9.17, 15) is 24.3 Å². The number of allylic oxidation sites excluding steroid dienone is 1. The Morgan fingerprint density at radius 3 is 1.98 bits per heavy atom. The topological polar surface area (TPSA) is 123 Å². The van der Waals surface area contributed by atoms with Crippen LogP contribution in [0.25, 0.3) is 0 Å². The number of aliphatic carboxylic acids is 1. The van der Waals surface area contributed by atoms with Crippen LogP contribution in [0.4, 0.5) is 4.79 Å². The molecule has 0 saturated carbocycles. The zero-order chi connectivity index (χ0) is 30.9. The van der Waals surface area contributed by atoms with E-state index in [-0.39, 0.29) is 56.4 Å². The van der Waals surface area contributed by atoms with E-state index in [4.69, 9.17) is 14.2 Å². The van der Waals surface area contributed by atoms with Crippen molar-refractivity contribution in [3.8, 4) is 0 Å². The molecule has 2 saturated heterocycles. The molecule has 0 aromatic heterocycles. The number of esters is 1. The Bertz CT molecular complexity index is 1540. The van der Waals surface area contributed by atoms with Crippen molar-refractivity contribution >= 4 is 23.9 Å². The number of carbonyl (C=O) groups is 4. The summed E-state index contributed by atoms with van der Waals surface area (Å²) in [6.45, 7) is 0.500. The molecule has 1 N–H and O–H groups in total. The maximum Gasteiger partial charge on any atom is 0.410 e. The molecular formula is C34H32N2O8. The zero-order valence-corrected chi connectivity index (χ0v) is 23.9. The van der Waals surface area contributed by atoms with E-state index in [0.29, 0.717) is 0 Å². The Kier molecular flexibility index (Phi) is 9.71. The smallest absolute Gasteiger partial charge is 0.410 e. The normalized spacial score (nSPS) is 18.2. The Balaban J connectivity index is 1.29. The van der Waals surface area contributed by atoms with Gasteiger partial charge in [0.1, 0.15) is 19.0 Å². The first kappa shape index (κ1) is 30.1. The third-order valence-corrected chi connectivity index (χ3v) is 7.23. The fourth-order valence-electron chi connectivity index (χ4n) is 4.93. The van der Waals surface area contributed by atoms with Gasteiger partial charge in [0.05, 0.1) is 12.0 Å². The van der Waals surface area contributed by atoms with Crippen molar-refractivity contribution in [3.05, 3.63) is 131 Å². The number of amides is 2. The van der Waals surface area contributed by atoms with Gasteiger partial charge < -0.3 is 24.2 Å². The van der Waals surface area contributed by atoms with Gasteiger partial charge in [-0.05, 0) is 16.7 Å². The molecule has 2 aliphatic heterocycles. The fourth-order valence-corrected chi connectivity index (χ4v) is 4.93. The van der Waals surface area contributed by atoms with Crippen LogP contribution in [0.3, 0.4) is 0 Å². The minimum atomic E-state index is -1.29. The molecule has 0 aliphatic carbocycles. The number of hydrogen-bond donors (Lipinski definition) is 1. The second-order valence-corrected chi connectivity index (χ2v) is 10.3. The monoisotopic (exact) mass is 596 g/mol. The lowest BCUT2D eigenvalue weighted by atomic mass is 10.0. The minimum Gasteiger partial charge on any atom is -0.478 e. The summed E-state index contributed by atoms with van der Waals surface area (Å²) >= 11 is 0. The largest absolute Gasteiger partial charge is 0.478 e. The number of carboxylic acid groups (broad SMARTS) is 1. The highest BCUT2D eigenvalue weighted by Crippen LogP contribution is 2.39. The van der Waals surface area contributed by atoms with E-state index >= 15 is 0 Å². The fraction of sp³-hybridized carbons (Fsp3) is 0.235. The molecule has 10 nitrogen and oxygen atoms in total. The van der Waals surface area contributed by atoms with Crippen LogP contribution in [-0.4, -0.2) is 57.7 Å². The number of hydrogen-bond acceptors (Lipinski definition) is 7. The van der Waals surface area contributed by atoms with Gasteiger partial charge in [-0.25, -0.2) is 14.4 Å². The quantitative estimate of drug-likeness (QED) is 0.137. The summed E-state index contributed by atoms with van der Waals surface area (Å²) in [5.41, 5.74) is 2.33. The third-order valence-electron chi connectivity index (χ3n) is 7.23. The summed E-state index contributed by atoms with van der Waals surface area (Å²) in [5, 5.41) is 10.1. The van der Waals surface area contributed by atoms with Crippen molar-refractivity contribution in [2.75, 3.05) is 6.54 Å². The van der Waals surface area contributed by atoms with E-state index in [1.54, 1.807) is 36.4 Å². The molecule has 2 aliphatic rings. The number of carboxylic acids is 1. The number of ether oxygens (including phenoxy) is 3. The van der Waals surface area contributed by atoms with Crippen molar-refractivity contribution in [2.24, 2.45) is 0 Å². The number of fused-ring (bicyclic) bond motifs is 1. The molecule has 226 valence electrons. The Morgan fingerprint density at radius 2 is 1.41 bits per heavy atom. The van der Waals surface area contributed by atoms with E-state index in [1.165, 1.54) is 9.80 Å². The number of nitrogens with zero attached hydrogens (tertiary/aromatic N) is 2. The summed E-state index contributed by atoms with van der Waals surface area (Å²) in [6.07, 6.45) is 1.95. The maximum absolute atomic E-state index is 13.1. The van der Waals surface area contributed by atoms with Crippen molar-refractivity contribution in [1.29, 1.82) is 0 Å². The molecule has 0 bridgehead atoms. The van der Waals surface area contributed by atoms with Crippen molar-refractivity contribution in [3.63, 3.8) is 0 Å². The molecule has 2 fully saturated rings. The van der Waals surface area contributed by atoms with Crippen molar-refractivity contribution in [1.82, 2.24) is 9.80 Å². The van der Waals surface area contributed by atoms with Gasteiger partial charge in [-0.1, -0.05) is 103 Å². The first-order valence-corrected chi connectivity index (χ1v) is 14.2. The van der Waals surface area contributed by atoms with Gasteiger partial charge in [-0.2, -0.15) is 0 Å². The van der Waals surface area contributed by atoms with Crippen LogP contribution in [0.1, 0.15) is 29.5 Å². The van der Waals surface area contributed by atoms with Crippen LogP contribution in [0.5, 0.6) is 0 Å². The van der Waals surface area contributed by atoms with Crippen LogP contribution >= 0.6 is 0 Å². The second kappa shape index (κ2) is 14.2. The predicted octanol–water partition coefficient (Wildman–Crippen LogP) is 4.81. The molecule has 3 aromatic rings. The molecule has 1 unspecified atom stereocenters. The molecule has 10 heteroatoms. The van der Waals surface area contributed by atoms with E-state index in [0.717, 1.165) is 16.7 Å². The number of carbonyl (C=O) groups excluding carboxylic acids is 3. The predicted molar refractivity (Wildman–Crippen MR) is 158 cm³/mol.